The molecule has 0 atom stereocenters. The van der Waals surface area contributed by atoms with Crippen LogP contribution in [0.3, 0.4) is 0 Å². The van der Waals surface area contributed by atoms with Crippen LogP contribution in [0, 0.1) is 5.92 Å². The summed E-state index contributed by atoms with van der Waals surface area (Å²) in [5.41, 5.74) is 0.942. The van der Waals surface area contributed by atoms with Gasteiger partial charge in [-0.15, -0.1) is 6.58 Å². The van der Waals surface area contributed by atoms with Gasteiger partial charge in [-0.25, -0.2) is 26.3 Å². The van der Waals surface area contributed by atoms with Crippen molar-refractivity contribution in [3.8, 4) is 0 Å². The Bertz CT molecular complexity index is 904. The summed E-state index contributed by atoms with van der Waals surface area (Å²) >= 11 is 0. The molecule has 1 aliphatic rings. The maximum absolute atomic E-state index is 12.2. The molecule has 8 nitrogen and oxygen atoms in total. The average Bonchev–Trinajstić information content (AvgIpc) is 2.62. The lowest BCUT2D eigenvalue weighted by Crippen LogP contribution is -2.41. The third-order valence-electron chi connectivity index (χ3n) is 4.73. The quantitative estimate of drug-likeness (QED) is 0.476. The van der Waals surface area contributed by atoms with Crippen molar-refractivity contribution in [3.63, 3.8) is 0 Å². The summed E-state index contributed by atoms with van der Waals surface area (Å²) in [6.07, 6.45) is 4.98. The summed E-state index contributed by atoms with van der Waals surface area (Å²) in [6.45, 7) is 5.76. The summed E-state index contributed by atoms with van der Waals surface area (Å²) in [5, 5.41) is 2.53. The molecule has 162 valence electrons. The molecule has 10 heteroatoms. The Hall–Kier alpha value is -1.75. The number of nitrogens with one attached hydrogen (secondary N) is 3. The predicted octanol–water partition coefficient (Wildman–Crippen LogP) is 1.73. The highest BCUT2D eigenvalue weighted by molar-refractivity contribution is 7.90. The zero-order valence-corrected chi connectivity index (χ0v) is 18.2. The first-order valence-corrected chi connectivity index (χ1v) is 12.9. The second-order valence-corrected chi connectivity index (χ2v) is 11.0. The second kappa shape index (κ2) is 10.3. The molecule has 0 aliphatic heterocycles. The maximum Gasteiger partial charge on any atom is 0.240 e. The number of hydrogen-bond acceptors (Lipinski definition) is 5. The predicted molar refractivity (Wildman–Crippen MR) is 114 cm³/mol. The topological polar surface area (TPSA) is 121 Å². The summed E-state index contributed by atoms with van der Waals surface area (Å²) < 4.78 is 53.2. The molecule has 1 fully saturated rings. The van der Waals surface area contributed by atoms with Gasteiger partial charge in [-0.05, 0) is 49.3 Å². The molecular weight excluding hydrogens is 414 g/mol. The fourth-order valence-corrected chi connectivity index (χ4v) is 5.53. The second-order valence-electron chi connectivity index (χ2n) is 7.48. The Morgan fingerprint density at radius 1 is 1.07 bits per heavy atom. The Morgan fingerprint density at radius 3 is 2.28 bits per heavy atom. The summed E-state index contributed by atoms with van der Waals surface area (Å²) in [6, 6.07) is 6.11. The molecule has 0 bridgehead atoms. The molecule has 0 heterocycles. The minimum absolute atomic E-state index is 0.111. The standard InChI is InChI=1S/C19H29N3O5S2/c1-3-12-20-28(24,25)13-16-6-10-17(11-7-16)21-19(23)14-29(26,27)22-18-8-4-15(2)5-9-18/h3,6-7,10-11,15,18,20,22H,1,4-5,8-9,12-14H2,2H3,(H,21,23). The van der Waals surface area contributed by atoms with Crippen LogP contribution < -0.4 is 14.8 Å². The van der Waals surface area contributed by atoms with E-state index >= 15 is 0 Å². The third kappa shape index (κ3) is 8.65. The molecule has 29 heavy (non-hydrogen) atoms. The van der Waals surface area contributed by atoms with Gasteiger partial charge in [-0.2, -0.15) is 0 Å². The molecule has 0 unspecified atom stereocenters. The number of carbonyl (C=O) groups excluding carboxylic acids is 1. The summed E-state index contributed by atoms with van der Waals surface area (Å²) in [5.74, 6) is -0.891. The van der Waals surface area contributed by atoms with Crippen LogP contribution in [-0.2, 0) is 30.6 Å². The van der Waals surface area contributed by atoms with Crippen LogP contribution in [0.15, 0.2) is 36.9 Å². The average molecular weight is 444 g/mol. The molecule has 1 aromatic rings. The van der Waals surface area contributed by atoms with E-state index in [0.717, 1.165) is 25.7 Å². The minimum atomic E-state index is -3.72. The minimum Gasteiger partial charge on any atom is -0.325 e. The van der Waals surface area contributed by atoms with E-state index in [1.165, 1.54) is 6.08 Å². The highest BCUT2D eigenvalue weighted by Crippen LogP contribution is 2.23. The lowest BCUT2D eigenvalue weighted by molar-refractivity contribution is -0.113. The van der Waals surface area contributed by atoms with Gasteiger partial charge in [0.05, 0.1) is 5.75 Å². The normalized spacial score (nSPS) is 20.2. The van der Waals surface area contributed by atoms with Crippen molar-refractivity contribution in [1.29, 1.82) is 0 Å². The van der Waals surface area contributed by atoms with Gasteiger partial charge in [0.1, 0.15) is 5.75 Å². The fourth-order valence-electron chi connectivity index (χ4n) is 3.18. The number of anilines is 1. The number of amides is 1. The zero-order chi connectivity index (χ0) is 21.5. The van der Waals surface area contributed by atoms with Gasteiger partial charge >= 0.3 is 0 Å². The molecule has 2 rings (SSSR count). The molecule has 0 radical (unpaired) electrons. The van der Waals surface area contributed by atoms with Crippen molar-refractivity contribution < 1.29 is 21.6 Å². The zero-order valence-electron chi connectivity index (χ0n) is 16.6. The molecule has 0 spiro atoms. The van der Waals surface area contributed by atoms with Crippen LogP contribution in [0.5, 0.6) is 0 Å². The highest BCUT2D eigenvalue weighted by atomic mass is 32.2. The molecular formula is C19H29N3O5S2. The van der Waals surface area contributed by atoms with Gasteiger partial charge in [0.15, 0.2) is 0 Å². The Morgan fingerprint density at radius 2 is 1.69 bits per heavy atom. The van der Waals surface area contributed by atoms with Crippen LogP contribution in [0.1, 0.15) is 38.2 Å². The molecule has 1 amide bonds. The molecule has 1 saturated carbocycles. The maximum atomic E-state index is 12.2. The van der Waals surface area contributed by atoms with E-state index in [-0.39, 0.29) is 18.3 Å². The van der Waals surface area contributed by atoms with Gasteiger partial charge in [0, 0.05) is 18.3 Å². The smallest absolute Gasteiger partial charge is 0.240 e. The van der Waals surface area contributed by atoms with E-state index < -0.39 is 31.7 Å². The Labute approximate surface area is 173 Å². The summed E-state index contributed by atoms with van der Waals surface area (Å²) in [4.78, 5) is 12.1. The van der Waals surface area contributed by atoms with Gasteiger partial charge in [0.25, 0.3) is 0 Å². The molecule has 0 saturated heterocycles. The van der Waals surface area contributed by atoms with E-state index in [1.54, 1.807) is 24.3 Å². The number of sulfonamides is 2. The molecule has 1 aliphatic carbocycles. The first-order chi connectivity index (χ1) is 13.6. The lowest BCUT2D eigenvalue weighted by Gasteiger charge is -2.26. The molecule has 1 aromatic carbocycles. The number of carbonyl (C=O) groups is 1. The van der Waals surface area contributed by atoms with Gasteiger partial charge in [0.2, 0.25) is 26.0 Å². The SMILES string of the molecule is C=CCNS(=O)(=O)Cc1ccc(NC(=O)CS(=O)(=O)NC2CCC(C)CC2)cc1. The van der Waals surface area contributed by atoms with Crippen LogP contribution in [0.2, 0.25) is 0 Å². The number of rotatable bonds is 10. The largest absolute Gasteiger partial charge is 0.325 e. The van der Waals surface area contributed by atoms with Crippen molar-refractivity contribution >= 4 is 31.6 Å². The lowest BCUT2D eigenvalue weighted by atomic mass is 9.88. The molecule has 3 N–H and O–H groups in total. The van der Waals surface area contributed by atoms with Crippen molar-refractivity contribution in [2.45, 2.75) is 44.4 Å². The third-order valence-corrected chi connectivity index (χ3v) is 7.38. The van der Waals surface area contributed by atoms with E-state index in [4.69, 9.17) is 0 Å². The molecule has 0 aromatic heterocycles. The first-order valence-electron chi connectivity index (χ1n) is 9.55. The van der Waals surface area contributed by atoms with Crippen LogP contribution in [0.4, 0.5) is 5.69 Å². The number of benzene rings is 1. The van der Waals surface area contributed by atoms with Gasteiger partial charge < -0.3 is 5.32 Å². The Kier molecular flexibility index (Phi) is 8.38. The van der Waals surface area contributed by atoms with Crippen molar-refractivity contribution in [1.82, 2.24) is 9.44 Å². The van der Waals surface area contributed by atoms with E-state index in [2.05, 4.69) is 28.3 Å². The van der Waals surface area contributed by atoms with E-state index in [1.807, 2.05) is 0 Å². The number of hydrogen-bond donors (Lipinski definition) is 3. The monoisotopic (exact) mass is 443 g/mol. The highest BCUT2D eigenvalue weighted by Gasteiger charge is 2.24. The van der Waals surface area contributed by atoms with Crippen molar-refractivity contribution in [2.75, 3.05) is 17.6 Å². The van der Waals surface area contributed by atoms with E-state index in [9.17, 15) is 21.6 Å². The Balaban J connectivity index is 1.86. The van der Waals surface area contributed by atoms with Crippen molar-refractivity contribution in [3.05, 3.63) is 42.5 Å². The first kappa shape index (κ1) is 23.5. The van der Waals surface area contributed by atoms with Crippen LogP contribution >= 0.6 is 0 Å². The van der Waals surface area contributed by atoms with Crippen LogP contribution in [0.25, 0.3) is 0 Å². The summed E-state index contributed by atoms with van der Waals surface area (Å²) in [7, 11) is -7.19. The van der Waals surface area contributed by atoms with Crippen molar-refractivity contribution in [2.24, 2.45) is 5.92 Å². The van der Waals surface area contributed by atoms with Gasteiger partial charge in [-0.3, -0.25) is 4.79 Å². The fraction of sp³-hybridized carbons (Fsp3) is 0.526. The van der Waals surface area contributed by atoms with Crippen LogP contribution in [-0.4, -0.2) is 41.1 Å². The van der Waals surface area contributed by atoms with Gasteiger partial charge in [-0.1, -0.05) is 25.1 Å². The van der Waals surface area contributed by atoms with E-state index in [0.29, 0.717) is 17.2 Å².